The van der Waals surface area contributed by atoms with Gasteiger partial charge in [-0.2, -0.15) is 5.26 Å². The normalized spacial score (nSPS) is 12.7. The molecule has 4 heteroatoms. The van der Waals surface area contributed by atoms with Gasteiger partial charge >= 0.3 is 0 Å². The highest BCUT2D eigenvalue weighted by atomic mass is 16.5. The summed E-state index contributed by atoms with van der Waals surface area (Å²) in [5.41, 5.74) is 15.7. The van der Waals surface area contributed by atoms with Crippen LogP contribution >= 0.6 is 0 Å². The van der Waals surface area contributed by atoms with Crippen LogP contribution in [0.4, 0.5) is 0 Å². The number of hydrogen-bond donors (Lipinski definition) is 0. The Hall–Kier alpha value is -7.87. The van der Waals surface area contributed by atoms with Crippen molar-refractivity contribution < 1.29 is 4.74 Å². The van der Waals surface area contributed by atoms with Crippen molar-refractivity contribution in [3.05, 3.63) is 228 Å². The van der Waals surface area contributed by atoms with Gasteiger partial charge in [-0.3, -0.25) is 0 Å². The number of hydrogen-bond acceptors (Lipinski definition) is 4. The summed E-state index contributed by atoms with van der Waals surface area (Å²) in [5.74, 6) is 2.31. The summed E-state index contributed by atoms with van der Waals surface area (Å²) in [6.45, 7) is 0. The summed E-state index contributed by atoms with van der Waals surface area (Å²) >= 11 is 0. The fraction of sp³-hybridized carbons (Fsp3) is 0.0185. The van der Waals surface area contributed by atoms with Crippen LogP contribution in [0.15, 0.2) is 200 Å². The first kappa shape index (κ1) is 33.5. The quantitative estimate of drug-likeness (QED) is 0.176. The van der Waals surface area contributed by atoms with Crippen molar-refractivity contribution in [1.82, 2.24) is 9.97 Å². The fourth-order valence-corrected chi connectivity index (χ4v) is 8.95. The van der Waals surface area contributed by atoms with Gasteiger partial charge in [0, 0.05) is 27.8 Å². The third-order valence-electron chi connectivity index (χ3n) is 11.6. The molecule has 2 heterocycles. The van der Waals surface area contributed by atoms with Crippen LogP contribution in [0.2, 0.25) is 0 Å². The Morgan fingerprint density at radius 3 is 1.48 bits per heavy atom. The van der Waals surface area contributed by atoms with Crippen molar-refractivity contribution in [1.29, 1.82) is 5.26 Å². The van der Waals surface area contributed by atoms with E-state index in [2.05, 4.69) is 152 Å². The average molecular weight is 740 g/mol. The van der Waals surface area contributed by atoms with Crippen LogP contribution in [0.3, 0.4) is 0 Å². The topological polar surface area (TPSA) is 58.8 Å². The van der Waals surface area contributed by atoms with Crippen molar-refractivity contribution in [3.8, 4) is 84.9 Å². The molecule has 1 aliphatic carbocycles. The second-order valence-electron chi connectivity index (χ2n) is 14.8. The molecule has 4 nitrogen and oxygen atoms in total. The van der Waals surface area contributed by atoms with Crippen LogP contribution in [-0.4, -0.2) is 9.97 Å². The standard InChI is InChI=1S/C54H33N3O/c55-34-35-25-27-43-44-28-26-40(32-48(44)54(47(43)29-35)45-21-7-9-23-51(45)58-52-24-10-8-22-46(52)54)39-18-12-20-42(31-39)50-33-49(56-53(57-50)37-15-5-2-6-16-37)41-19-11-17-38(30-41)36-13-3-1-4-14-36/h1-33H. The van der Waals surface area contributed by atoms with E-state index in [0.29, 0.717) is 11.4 Å². The molecule has 9 aromatic rings. The molecule has 0 bridgehead atoms. The van der Waals surface area contributed by atoms with Crippen LogP contribution in [0.5, 0.6) is 11.5 Å². The first-order valence-corrected chi connectivity index (χ1v) is 19.4. The SMILES string of the molecule is N#Cc1ccc2c(c1)C1(c3ccccc3Oc3ccccc31)c1cc(-c3cccc(-c4cc(-c5cccc(-c6ccccc6)c5)nc(-c5ccccc5)n4)c3)ccc1-2. The average Bonchev–Trinajstić information content (AvgIpc) is 3.58. The van der Waals surface area contributed by atoms with E-state index < -0.39 is 5.41 Å². The molecule has 8 aromatic carbocycles. The molecule has 0 saturated carbocycles. The molecule has 58 heavy (non-hydrogen) atoms. The van der Waals surface area contributed by atoms with Gasteiger partial charge in [0.05, 0.1) is 28.4 Å². The molecule has 11 rings (SSSR count). The number of nitrogens with zero attached hydrogens (tertiary/aromatic N) is 3. The Balaban J connectivity index is 1.08. The molecule has 0 saturated heterocycles. The van der Waals surface area contributed by atoms with E-state index in [0.717, 1.165) is 95.2 Å². The lowest BCUT2D eigenvalue weighted by Gasteiger charge is -2.39. The van der Waals surface area contributed by atoms with Gasteiger partial charge in [-0.05, 0) is 93.0 Å². The van der Waals surface area contributed by atoms with Gasteiger partial charge in [0.25, 0.3) is 0 Å². The van der Waals surface area contributed by atoms with Crippen molar-refractivity contribution in [2.24, 2.45) is 0 Å². The first-order valence-electron chi connectivity index (χ1n) is 19.4. The van der Waals surface area contributed by atoms with Crippen molar-refractivity contribution in [3.63, 3.8) is 0 Å². The second-order valence-corrected chi connectivity index (χ2v) is 14.8. The zero-order valence-electron chi connectivity index (χ0n) is 31.3. The third-order valence-corrected chi connectivity index (χ3v) is 11.6. The smallest absolute Gasteiger partial charge is 0.160 e. The molecule has 1 spiro atoms. The molecule has 2 aliphatic rings. The van der Waals surface area contributed by atoms with Gasteiger partial charge in [0.15, 0.2) is 5.82 Å². The Kier molecular flexibility index (Phi) is 7.74. The largest absolute Gasteiger partial charge is 0.457 e. The molecule has 0 atom stereocenters. The number of aromatic nitrogens is 2. The van der Waals surface area contributed by atoms with E-state index >= 15 is 0 Å². The van der Waals surface area contributed by atoms with Gasteiger partial charge < -0.3 is 4.74 Å². The summed E-state index contributed by atoms with van der Waals surface area (Å²) in [4.78, 5) is 10.3. The third kappa shape index (κ3) is 5.29. The molecular weight excluding hydrogens is 707 g/mol. The maximum absolute atomic E-state index is 10.1. The van der Waals surface area contributed by atoms with Crippen molar-refractivity contribution in [2.75, 3.05) is 0 Å². The summed E-state index contributed by atoms with van der Waals surface area (Å²) < 4.78 is 6.57. The van der Waals surface area contributed by atoms with Gasteiger partial charge in [-0.1, -0.05) is 152 Å². The summed E-state index contributed by atoms with van der Waals surface area (Å²) in [6, 6.07) is 71.9. The maximum Gasteiger partial charge on any atom is 0.160 e. The Morgan fingerprint density at radius 1 is 0.379 bits per heavy atom. The van der Waals surface area contributed by atoms with Crippen LogP contribution in [0.25, 0.3) is 67.3 Å². The highest BCUT2D eigenvalue weighted by molar-refractivity contribution is 5.91. The van der Waals surface area contributed by atoms with E-state index in [1.165, 1.54) is 0 Å². The number of ether oxygens (including phenoxy) is 1. The predicted octanol–water partition coefficient (Wildman–Crippen LogP) is 13.2. The Bertz CT molecular complexity index is 3060. The predicted molar refractivity (Wildman–Crippen MR) is 231 cm³/mol. The first-order chi connectivity index (χ1) is 28.7. The molecule has 1 aliphatic heterocycles. The number of para-hydroxylation sites is 2. The number of nitriles is 1. The van der Waals surface area contributed by atoms with Gasteiger partial charge in [-0.15, -0.1) is 0 Å². The molecule has 0 unspecified atom stereocenters. The van der Waals surface area contributed by atoms with E-state index in [9.17, 15) is 5.26 Å². The van der Waals surface area contributed by atoms with Crippen molar-refractivity contribution in [2.45, 2.75) is 5.41 Å². The van der Waals surface area contributed by atoms with Gasteiger partial charge in [0.2, 0.25) is 0 Å². The highest BCUT2D eigenvalue weighted by Crippen LogP contribution is 2.62. The summed E-state index contributed by atoms with van der Waals surface area (Å²) in [5, 5.41) is 10.1. The van der Waals surface area contributed by atoms with Gasteiger partial charge in [-0.25, -0.2) is 9.97 Å². The van der Waals surface area contributed by atoms with E-state index in [4.69, 9.17) is 14.7 Å². The molecule has 0 N–H and O–H groups in total. The van der Waals surface area contributed by atoms with Crippen molar-refractivity contribution >= 4 is 0 Å². The highest BCUT2D eigenvalue weighted by Gasteiger charge is 2.51. The fourth-order valence-electron chi connectivity index (χ4n) is 8.95. The summed E-state index contributed by atoms with van der Waals surface area (Å²) in [7, 11) is 0. The van der Waals surface area contributed by atoms with Crippen LogP contribution in [0.1, 0.15) is 27.8 Å². The molecule has 0 radical (unpaired) electrons. The zero-order valence-corrected chi connectivity index (χ0v) is 31.3. The lowest BCUT2D eigenvalue weighted by molar-refractivity contribution is 0.436. The van der Waals surface area contributed by atoms with Crippen LogP contribution in [-0.2, 0) is 5.41 Å². The maximum atomic E-state index is 10.1. The number of rotatable bonds is 5. The number of benzene rings is 8. The molecule has 0 fully saturated rings. The minimum absolute atomic E-state index is 0.631. The Labute approximate surface area is 337 Å². The zero-order chi connectivity index (χ0) is 38.6. The minimum Gasteiger partial charge on any atom is -0.457 e. The second kappa shape index (κ2) is 13.4. The molecule has 0 amide bonds. The van der Waals surface area contributed by atoms with Crippen LogP contribution < -0.4 is 4.74 Å². The van der Waals surface area contributed by atoms with Gasteiger partial charge in [0.1, 0.15) is 11.5 Å². The minimum atomic E-state index is -0.684. The molecule has 270 valence electrons. The molecular formula is C54H33N3O. The lowest BCUT2D eigenvalue weighted by Crippen LogP contribution is -2.32. The van der Waals surface area contributed by atoms with E-state index in [-0.39, 0.29) is 0 Å². The van der Waals surface area contributed by atoms with Crippen LogP contribution in [0, 0.1) is 11.3 Å². The molecule has 1 aromatic heterocycles. The number of fused-ring (bicyclic) bond motifs is 9. The lowest BCUT2D eigenvalue weighted by atomic mass is 9.65. The Morgan fingerprint density at radius 2 is 0.862 bits per heavy atom. The summed E-state index contributed by atoms with van der Waals surface area (Å²) in [6.07, 6.45) is 0. The van der Waals surface area contributed by atoms with E-state index in [1.807, 2.05) is 54.6 Å². The van der Waals surface area contributed by atoms with E-state index in [1.54, 1.807) is 0 Å². The monoisotopic (exact) mass is 739 g/mol.